The summed E-state index contributed by atoms with van der Waals surface area (Å²) in [6.07, 6.45) is 0. The molecule has 7 heteroatoms. The maximum absolute atomic E-state index is 11.9. The Labute approximate surface area is 123 Å². The van der Waals surface area contributed by atoms with Crippen molar-refractivity contribution in [1.29, 1.82) is 0 Å². The monoisotopic (exact) mass is 301 g/mol. The molecule has 20 heavy (non-hydrogen) atoms. The molecule has 0 saturated heterocycles. The van der Waals surface area contributed by atoms with Crippen molar-refractivity contribution in [1.82, 2.24) is 10.3 Å². The second-order valence-corrected chi connectivity index (χ2v) is 4.34. The molecule has 0 unspecified atom stereocenters. The van der Waals surface area contributed by atoms with Crippen LogP contribution in [0.1, 0.15) is 17.3 Å². The molecule has 0 spiro atoms. The Hall–Kier alpha value is -1.37. The zero-order valence-corrected chi connectivity index (χ0v) is 12.5. The van der Waals surface area contributed by atoms with Gasteiger partial charge in [0, 0.05) is 25.8 Å². The van der Waals surface area contributed by atoms with Crippen molar-refractivity contribution in [2.45, 2.75) is 6.92 Å². The first kappa shape index (κ1) is 16.7. The number of nitrogens with zero attached hydrogens (tertiary/aromatic N) is 1. The molecule has 0 aliphatic rings. The van der Waals surface area contributed by atoms with Crippen LogP contribution in [0.5, 0.6) is 0 Å². The van der Waals surface area contributed by atoms with Crippen LogP contribution in [0.15, 0.2) is 12.1 Å². The number of rotatable bonds is 9. The Morgan fingerprint density at radius 1 is 1.35 bits per heavy atom. The van der Waals surface area contributed by atoms with Crippen LogP contribution in [-0.4, -0.2) is 50.9 Å². The summed E-state index contributed by atoms with van der Waals surface area (Å²) < 4.78 is 10.1. The van der Waals surface area contributed by atoms with E-state index in [-0.39, 0.29) is 11.1 Å². The first-order valence-electron chi connectivity index (χ1n) is 6.43. The summed E-state index contributed by atoms with van der Waals surface area (Å²) in [7, 11) is 1.61. The molecule has 0 saturated carbocycles. The van der Waals surface area contributed by atoms with Gasteiger partial charge in [-0.05, 0) is 19.1 Å². The minimum atomic E-state index is -0.205. The number of hydrogen-bond acceptors (Lipinski definition) is 5. The number of halogens is 1. The van der Waals surface area contributed by atoms with Crippen LogP contribution in [0, 0.1) is 0 Å². The number of aromatic nitrogens is 1. The molecule has 112 valence electrons. The molecule has 2 N–H and O–H groups in total. The van der Waals surface area contributed by atoms with E-state index < -0.39 is 0 Å². The smallest absolute Gasteiger partial charge is 0.251 e. The molecule has 0 aliphatic carbocycles. The zero-order chi connectivity index (χ0) is 14.8. The average Bonchev–Trinajstić information content (AvgIpc) is 2.42. The highest BCUT2D eigenvalue weighted by Gasteiger charge is 2.08. The largest absolute Gasteiger partial charge is 0.382 e. The summed E-state index contributed by atoms with van der Waals surface area (Å²) in [5, 5.41) is 6.06. The molecule has 6 nitrogen and oxygen atoms in total. The van der Waals surface area contributed by atoms with Gasteiger partial charge in [0.25, 0.3) is 5.91 Å². The van der Waals surface area contributed by atoms with Gasteiger partial charge in [-0.1, -0.05) is 11.6 Å². The molecule has 1 aromatic heterocycles. The fourth-order valence-corrected chi connectivity index (χ4v) is 1.69. The first-order valence-corrected chi connectivity index (χ1v) is 6.81. The molecular formula is C13H20ClN3O3. The van der Waals surface area contributed by atoms with Crippen molar-refractivity contribution >= 4 is 23.3 Å². The highest BCUT2D eigenvalue weighted by atomic mass is 35.5. The van der Waals surface area contributed by atoms with Gasteiger partial charge in [-0.2, -0.15) is 0 Å². The summed E-state index contributed by atoms with van der Waals surface area (Å²) in [5.41, 5.74) is 0.470. The van der Waals surface area contributed by atoms with Crippen molar-refractivity contribution in [2.75, 3.05) is 45.3 Å². The number of amides is 1. The van der Waals surface area contributed by atoms with Crippen LogP contribution in [0.4, 0.5) is 5.82 Å². The van der Waals surface area contributed by atoms with E-state index >= 15 is 0 Å². The number of hydrogen-bond donors (Lipinski definition) is 2. The third-order valence-electron chi connectivity index (χ3n) is 2.38. The van der Waals surface area contributed by atoms with Crippen molar-refractivity contribution in [3.63, 3.8) is 0 Å². The molecule has 0 bridgehead atoms. The highest BCUT2D eigenvalue weighted by molar-refractivity contribution is 6.29. The number of carbonyl (C=O) groups excluding carboxylic acids is 1. The molecular weight excluding hydrogens is 282 g/mol. The molecule has 1 amide bonds. The molecule has 1 rings (SSSR count). The second kappa shape index (κ2) is 9.52. The van der Waals surface area contributed by atoms with E-state index in [1.165, 1.54) is 6.07 Å². The van der Waals surface area contributed by atoms with Gasteiger partial charge in [0.1, 0.15) is 11.0 Å². The molecule has 1 aromatic rings. The Kier molecular flexibility index (Phi) is 7.94. The van der Waals surface area contributed by atoms with Gasteiger partial charge in [0.15, 0.2) is 0 Å². The van der Waals surface area contributed by atoms with Gasteiger partial charge in [0.05, 0.1) is 19.8 Å². The minimum absolute atomic E-state index is 0.205. The van der Waals surface area contributed by atoms with E-state index in [1.807, 2.05) is 6.92 Å². The third-order valence-corrected chi connectivity index (χ3v) is 2.57. The zero-order valence-electron chi connectivity index (χ0n) is 11.7. The summed E-state index contributed by atoms with van der Waals surface area (Å²) in [6.45, 7) is 4.58. The lowest BCUT2D eigenvalue weighted by atomic mass is 10.2. The van der Waals surface area contributed by atoms with E-state index in [0.29, 0.717) is 44.3 Å². The van der Waals surface area contributed by atoms with E-state index in [1.54, 1.807) is 13.2 Å². The van der Waals surface area contributed by atoms with Crippen LogP contribution >= 0.6 is 11.6 Å². The summed E-state index contributed by atoms with van der Waals surface area (Å²) in [4.78, 5) is 16.0. The molecule has 0 aliphatic heterocycles. The predicted octanol–water partition coefficient (Wildman–Crippen LogP) is 1.56. The number of nitrogens with one attached hydrogen (secondary N) is 2. The van der Waals surface area contributed by atoms with E-state index in [0.717, 1.165) is 0 Å². The van der Waals surface area contributed by atoms with Gasteiger partial charge < -0.3 is 20.1 Å². The summed E-state index contributed by atoms with van der Waals surface area (Å²) in [6, 6.07) is 3.19. The molecule has 0 atom stereocenters. The van der Waals surface area contributed by atoms with Crippen LogP contribution in [0.25, 0.3) is 0 Å². The SMILES string of the molecule is CCNc1cc(C(=O)NCCOCCOC)cc(Cl)n1. The van der Waals surface area contributed by atoms with Gasteiger partial charge in [-0.15, -0.1) is 0 Å². The fourth-order valence-electron chi connectivity index (χ4n) is 1.48. The summed E-state index contributed by atoms with van der Waals surface area (Å²) in [5.74, 6) is 0.380. The standard InChI is InChI=1S/C13H20ClN3O3/c1-3-15-12-9-10(8-11(14)17-12)13(18)16-4-5-20-7-6-19-2/h8-9H,3-7H2,1-2H3,(H,15,17)(H,16,18). The minimum Gasteiger partial charge on any atom is -0.382 e. The quantitative estimate of drug-likeness (QED) is 0.535. The molecule has 0 aromatic carbocycles. The Morgan fingerprint density at radius 2 is 2.15 bits per heavy atom. The van der Waals surface area contributed by atoms with Gasteiger partial charge in [-0.3, -0.25) is 4.79 Å². The Balaban J connectivity index is 2.42. The van der Waals surface area contributed by atoms with E-state index in [9.17, 15) is 4.79 Å². The maximum Gasteiger partial charge on any atom is 0.251 e. The molecule has 1 heterocycles. The Morgan fingerprint density at radius 3 is 2.85 bits per heavy atom. The number of carbonyl (C=O) groups is 1. The Bertz CT molecular complexity index is 429. The average molecular weight is 302 g/mol. The fraction of sp³-hybridized carbons (Fsp3) is 0.538. The topological polar surface area (TPSA) is 72.5 Å². The number of pyridine rings is 1. The van der Waals surface area contributed by atoms with E-state index in [2.05, 4.69) is 15.6 Å². The normalized spacial score (nSPS) is 10.3. The highest BCUT2D eigenvalue weighted by Crippen LogP contribution is 2.14. The third kappa shape index (κ3) is 6.18. The van der Waals surface area contributed by atoms with Gasteiger partial charge >= 0.3 is 0 Å². The van der Waals surface area contributed by atoms with Crippen LogP contribution in [0.3, 0.4) is 0 Å². The maximum atomic E-state index is 11.9. The summed E-state index contributed by atoms with van der Waals surface area (Å²) >= 11 is 5.88. The van der Waals surface area contributed by atoms with Crippen LogP contribution in [-0.2, 0) is 9.47 Å². The lowest BCUT2D eigenvalue weighted by molar-refractivity contribution is 0.0692. The van der Waals surface area contributed by atoms with Crippen molar-refractivity contribution in [3.8, 4) is 0 Å². The predicted molar refractivity (Wildman–Crippen MR) is 78.4 cm³/mol. The van der Waals surface area contributed by atoms with Gasteiger partial charge in [-0.25, -0.2) is 4.98 Å². The molecule has 0 fully saturated rings. The van der Waals surface area contributed by atoms with Crippen molar-refractivity contribution in [3.05, 3.63) is 22.8 Å². The van der Waals surface area contributed by atoms with Gasteiger partial charge in [0.2, 0.25) is 0 Å². The van der Waals surface area contributed by atoms with E-state index in [4.69, 9.17) is 21.1 Å². The van der Waals surface area contributed by atoms with Crippen molar-refractivity contribution in [2.24, 2.45) is 0 Å². The van der Waals surface area contributed by atoms with Crippen molar-refractivity contribution < 1.29 is 14.3 Å². The number of anilines is 1. The number of ether oxygens (including phenoxy) is 2. The lowest BCUT2D eigenvalue weighted by Crippen LogP contribution is -2.27. The van der Waals surface area contributed by atoms with Crippen LogP contribution in [0.2, 0.25) is 5.15 Å². The first-order chi connectivity index (χ1) is 9.67. The molecule has 0 radical (unpaired) electrons. The lowest BCUT2D eigenvalue weighted by Gasteiger charge is -2.08. The second-order valence-electron chi connectivity index (χ2n) is 3.96. The number of methoxy groups -OCH3 is 1. The van der Waals surface area contributed by atoms with Crippen LogP contribution < -0.4 is 10.6 Å².